The summed E-state index contributed by atoms with van der Waals surface area (Å²) in [4.78, 5) is 56.7. The maximum atomic E-state index is 14.5. The molecule has 1 fully saturated rings. The van der Waals surface area contributed by atoms with E-state index in [1.165, 1.54) is 10.0 Å². The number of para-hydroxylation sites is 2. The zero-order chi connectivity index (χ0) is 40.2. The molecule has 3 aliphatic rings. The van der Waals surface area contributed by atoms with E-state index in [-0.39, 0.29) is 75.3 Å². The summed E-state index contributed by atoms with van der Waals surface area (Å²) in [5.41, 5.74) is 1.24. The number of rotatable bonds is 8. The summed E-state index contributed by atoms with van der Waals surface area (Å²) < 4.78 is 23.3. The molecule has 8 rings (SSSR count). The smallest absolute Gasteiger partial charge is 0.395 e. The largest absolute Gasteiger partial charge is 0.519 e. The lowest BCUT2D eigenvalue weighted by atomic mass is 10.2. The number of hydrazine groups is 1. The standard InChI is InChI=1S/C42H24N4O8S4/c43-21-27(22-44)39-55-33-31(53-41(49)51-28-17-9-3-10-18-28)35-36(32(34(33)56-39)54-42(50)52-29-19-11-4-12-20-29)58-40(57-35)30-37(47)45(23-25-13-5-1-6-14-25)46(38(30)48)24-26-15-7-2-8-16-26/h1-20H,23-24H2. The van der Waals surface area contributed by atoms with Crippen LogP contribution in [0.2, 0.25) is 0 Å². The van der Waals surface area contributed by atoms with Gasteiger partial charge in [0.2, 0.25) is 0 Å². The summed E-state index contributed by atoms with van der Waals surface area (Å²) in [6, 6.07) is 38.8. The molecule has 0 N–H and O–H groups in total. The Morgan fingerprint density at radius 2 is 0.879 bits per heavy atom. The number of hydrogen-bond donors (Lipinski definition) is 0. The molecule has 284 valence electrons. The Labute approximate surface area is 348 Å². The number of ether oxygens (including phenoxy) is 4. The lowest BCUT2D eigenvalue weighted by Crippen LogP contribution is -2.39. The van der Waals surface area contributed by atoms with Gasteiger partial charge in [-0.25, -0.2) is 19.6 Å². The lowest BCUT2D eigenvalue weighted by Gasteiger charge is -2.27. The predicted molar refractivity (Wildman–Crippen MR) is 215 cm³/mol. The van der Waals surface area contributed by atoms with E-state index in [1.54, 1.807) is 60.7 Å². The number of allylic oxidation sites excluding steroid dienone is 1. The van der Waals surface area contributed by atoms with Crippen molar-refractivity contribution < 1.29 is 38.1 Å². The number of benzene rings is 5. The Kier molecular flexibility index (Phi) is 11.2. The first-order valence-electron chi connectivity index (χ1n) is 17.2. The molecule has 5 aromatic rings. The number of thioether (sulfide) groups is 4. The van der Waals surface area contributed by atoms with Gasteiger partial charge in [0.1, 0.15) is 34.8 Å². The normalized spacial score (nSPS) is 14.1. The molecule has 0 aromatic heterocycles. The van der Waals surface area contributed by atoms with Crippen molar-refractivity contribution in [3.05, 3.63) is 152 Å². The third-order valence-corrected chi connectivity index (χ3v) is 13.6. The van der Waals surface area contributed by atoms with Crippen molar-refractivity contribution in [3.8, 4) is 35.1 Å². The lowest BCUT2D eigenvalue weighted by molar-refractivity contribution is -0.149. The Balaban J connectivity index is 1.25. The molecule has 1 saturated heterocycles. The second kappa shape index (κ2) is 16.9. The minimum absolute atomic E-state index is 0.0503. The fraction of sp³-hybridized carbons (Fsp3) is 0.0476. The van der Waals surface area contributed by atoms with E-state index in [9.17, 15) is 29.7 Å². The van der Waals surface area contributed by atoms with Gasteiger partial charge in [0, 0.05) is 0 Å². The number of carbonyl (C=O) groups excluding carboxylic acids is 4. The molecule has 3 aliphatic heterocycles. The summed E-state index contributed by atoms with van der Waals surface area (Å²) in [5.74, 6) is -0.812. The number of fused-ring (bicyclic) bond motifs is 2. The molecular weight excluding hydrogens is 817 g/mol. The third kappa shape index (κ3) is 7.87. The number of nitriles is 2. The van der Waals surface area contributed by atoms with Gasteiger partial charge in [-0.1, -0.05) is 144 Å². The molecule has 3 heterocycles. The topological polar surface area (TPSA) is 159 Å². The van der Waals surface area contributed by atoms with Gasteiger partial charge in [-0.3, -0.25) is 9.59 Å². The van der Waals surface area contributed by atoms with Crippen LogP contribution in [-0.4, -0.2) is 34.1 Å². The van der Waals surface area contributed by atoms with E-state index in [0.717, 1.165) is 58.2 Å². The minimum Gasteiger partial charge on any atom is -0.395 e. The van der Waals surface area contributed by atoms with Gasteiger partial charge in [0.15, 0.2) is 11.5 Å². The highest BCUT2D eigenvalue weighted by molar-refractivity contribution is 8.26. The highest BCUT2D eigenvalue weighted by Crippen LogP contribution is 2.68. The first-order chi connectivity index (χ1) is 28.3. The summed E-state index contributed by atoms with van der Waals surface area (Å²) >= 11 is 3.88. The number of carbonyl (C=O) groups is 4. The van der Waals surface area contributed by atoms with Crippen LogP contribution in [0.1, 0.15) is 11.1 Å². The molecule has 0 atom stereocenters. The molecule has 0 spiro atoms. The van der Waals surface area contributed by atoms with Gasteiger partial charge < -0.3 is 18.9 Å². The molecular formula is C42H24N4O8S4. The second-order valence-electron chi connectivity index (χ2n) is 12.2. The van der Waals surface area contributed by atoms with Crippen molar-refractivity contribution in [1.82, 2.24) is 10.0 Å². The number of amides is 2. The van der Waals surface area contributed by atoms with Crippen LogP contribution in [0.5, 0.6) is 23.0 Å². The van der Waals surface area contributed by atoms with Crippen LogP contribution < -0.4 is 18.9 Å². The van der Waals surface area contributed by atoms with E-state index in [0.29, 0.717) is 0 Å². The number of hydrogen-bond acceptors (Lipinski definition) is 14. The molecule has 12 nitrogen and oxygen atoms in total. The monoisotopic (exact) mass is 840 g/mol. The maximum Gasteiger partial charge on any atom is 0.519 e. The molecule has 0 bridgehead atoms. The SMILES string of the molecule is N#CC(C#N)=C1Sc2c(OC(=O)Oc3ccccc3)c3c(c(OC(=O)Oc4ccccc4)c2S1)SC(=C1C(=O)N(Cc2ccccc2)N(Cc2ccccc2)C1=O)S3. The van der Waals surface area contributed by atoms with Crippen LogP contribution in [0.4, 0.5) is 9.59 Å². The molecule has 0 unspecified atom stereocenters. The minimum atomic E-state index is -1.11. The summed E-state index contributed by atoms with van der Waals surface area (Å²) in [5, 5.41) is 22.3. The third-order valence-electron chi connectivity index (χ3n) is 8.45. The zero-order valence-electron chi connectivity index (χ0n) is 29.6. The Morgan fingerprint density at radius 1 is 0.517 bits per heavy atom. The Morgan fingerprint density at radius 3 is 1.26 bits per heavy atom. The molecule has 58 heavy (non-hydrogen) atoms. The van der Waals surface area contributed by atoms with Crippen LogP contribution in [-0.2, 0) is 22.7 Å². The van der Waals surface area contributed by atoms with Crippen LogP contribution >= 0.6 is 47.0 Å². The van der Waals surface area contributed by atoms with Crippen LogP contribution in [0.25, 0.3) is 0 Å². The first kappa shape index (κ1) is 38.3. The molecule has 2 amide bonds. The Hall–Kier alpha value is -6.56. The van der Waals surface area contributed by atoms with Gasteiger partial charge in [0.25, 0.3) is 11.8 Å². The average Bonchev–Trinajstić information content (AvgIpc) is 3.93. The summed E-state index contributed by atoms with van der Waals surface area (Å²) in [6.07, 6.45) is -2.22. The van der Waals surface area contributed by atoms with Crippen molar-refractivity contribution in [2.75, 3.05) is 0 Å². The van der Waals surface area contributed by atoms with Crippen molar-refractivity contribution in [3.63, 3.8) is 0 Å². The average molecular weight is 841 g/mol. The van der Waals surface area contributed by atoms with Gasteiger partial charge in [-0.15, -0.1) is 0 Å². The van der Waals surface area contributed by atoms with E-state index in [4.69, 9.17) is 18.9 Å². The van der Waals surface area contributed by atoms with Gasteiger partial charge in [-0.2, -0.15) is 10.5 Å². The molecule has 0 saturated carbocycles. The fourth-order valence-corrected chi connectivity index (χ4v) is 11.2. The highest BCUT2D eigenvalue weighted by atomic mass is 32.2. The van der Waals surface area contributed by atoms with Crippen molar-refractivity contribution in [1.29, 1.82) is 10.5 Å². The van der Waals surface area contributed by atoms with Crippen molar-refractivity contribution in [2.45, 2.75) is 32.7 Å². The van der Waals surface area contributed by atoms with Crippen LogP contribution in [0, 0.1) is 22.7 Å². The van der Waals surface area contributed by atoms with E-state index < -0.39 is 24.1 Å². The van der Waals surface area contributed by atoms with Crippen LogP contribution in [0.3, 0.4) is 0 Å². The summed E-state index contributed by atoms with van der Waals surface area (Å²) in [7, 11) is 0. The second-order valence-corrected chi connectivity index (χ2v) is 16.8. The van der Waals surface area contributed by atoms with Crippen molar-refractivity contribution in [2.24, 2.45) is 0 Å². The molecule has 5 aromatic carbocycles. The summed E-state index contributed by atoms with van der Waals surface area (Å²) in [6.45, 7) is 0.209. The number of nitrogens with zero attached hydrogens (tertiary/aromatic N) is 4. The molecule has 0 aliphatic carbocycles. The highest BCUT2D eigenvalue weighted by Gasteiger charge is 2.47. The molecule has 16 heteroatoms. The van der Waals surface area contributed by atoms with E-state index in [2.05, 4.69) is 0 Å². The fourth-order valence-electron chi connectivity index (χ4n) is 5.86. The Bertz CT molecular complexity index is 2450. The van der Waals surface area contributed by atoms with Gasteiger partial charge >= 0.3 is 12.3 Å². The molecule has 0 radical (unpaired) electrons. The van der Waals surface area contributed by atoms with Crippen molar-refractivity contribution >= 4 is 71.2 Å². The quantitative estimate of drug-likeness (QED) is 0.0478. The zero-order valence-corrected chi connectivity index (χ0v) is 32.9. The maximum absolute atomic E-state index is 14.5. The van der Waals surface area contributed by atoms with Crippen LogP contribution in [0.15, 0.2) is 161 Å². The van der Waals surface area contributed by atoms with E-state index >= 15 is 0 Å². The van der Waals surface area contributed by atoms with Gasteiger partial charge in [-0.05, 0) is 35.4 Å². The first-order valence-corrected chi connectivity index (χ1v) is 20.4. The van der Waals surface area contributed by atoms with Gasteiger partial charge in [0.05, 0.1) is 41.1 Å². The predicted octanol–water partition coefficient (Wildman–Crippen LogP) is 9.69. The van der Waals surface area contributed by atoms with E-state index in [1.807, 2.05) is 72.8 Å².